The maximum Gasteiger partial charge on any atom is 0.287 e. The van der Waals surface area contributed by atoms with Crippen LogP contribution in [0.4, 0.5) is 17.2 Å². The van der Waals surface area contributed by atoms with Crippen molar-refractivity contribution in [2.24, 2.45) is 16.9 Å². The molecule has 0 spiro atoms. The number of piperazine rings is 1. The largest absolute Gasteiger partial charge is 0.490 e. The lowest BCUT2D eigenvalue weighted by Crippen LogP contribution is -2.49. The minimum absolute atomic E-state index is 0. The Morgan fingerprint density at radius 2 is 1.60 bits per heavy atom. The maximum absolute atomic E-state index is 13.7. The van der Waals surface area contributed by atoms with E-state index in [4.69, 9.17) is 14.6 Å². The van der Waals surface area contributed by atoms with Crippen LogP contribution in [0.5, 0.6) is 11.5 Å². The molecule has 1 aromatic heterocycles. The number of ether oxygens (including phenoxy) is 2. The van der Waals surface area contributed by atoms with Gasteiger partial charge in [-0.15, -0.1) is 12.4 Å². The van der Waals surface area contributed by atoms with Crippen LogP contribution < -0.4 is 19.4 Å². The van der Waals surface area contributed by atoms with Gasteiger partial charge in [-0.1, -0.05) is 12.2 Å². The molecule has 0 bridgehead atoms. The SMILES string of the molecule is CCOc1ccc(C2=NN(c3ccc(C(=O)N4CCN(c5ccc([N+](=O)[O-])cn5)CC4)cc3)C(=O)[C@@H]3CC=CC[C@H]23)cc1OCC.Cl. The van der Waals surface area contributed by atoms with Gasteiger partial charge >= 0.3 is 0 Å². The van der Waals surface area contributed by atoms with Crippen molar-refractivity contribution in [1.82, 2.24) is 9.88 Å². The van der Waals surface area contributed by atoms with Crippen LogP contribution in [0.3, 0.4) is 0 Å². The Bertz CT molecular complexity index is 1670. The number of rotatable bonds is 9. The lowest BCUT2D eigenvalue weighted by molar-refractivity contribution is -0.385. The summed E-state index contributed by atoms with van der Waals surface area (Å²) in [5.41, 5.74) is 2.75. The Morgan fingerprint density at radius 3 is 2.23 bits per heavy atom. The molecular formula is C34H37ClN6O6. The fourth-order valence-corrected chi connectivity index (χ4v) is 6.18. The number of amides is 2. The Balaban J connectivity index is 0.00000433. The molecule has 0 unspecified atom stereocenters. The highest BCUT2D eigenvalue weighted by atomic mass is 35.5. The third-order valence-electron chi connectivity index (χ3n) is 8.55. The summed E-state index contributed by atoms with van der Waals surface area (Å²) in [5, 5.41) is 17.3. The number of allylic oxidation sites excluding steroid dienone is 2. The fourth-order valence-electron chi connectivity index (χ4n) is 6.18. The van der Waals surface area contributed by atoms with Crippen LogP contribution in [-0.2, 0) is 4.79 Å². The summed E-state index contributed by atoms with van der Waals surface area (Å²) in [5.74, 6) is 1.48. The number of halogens is 1. The van der Waals surface area contributed by atoms with Gasteiger partial charge in [-0.05, 0) is 75.2 Å². The van der Waals surface area contributed by atoms with Crippen molar-refractivity contribution < 1.29 is 24.0 Å². The number of anilines is 2. The standard InChI is InChI=1S/C34H36N6O6.ClH/c1-3-45-29-15-11-24(21-30(29)46-4-2)32-27-7-5-6-8-28(27)34(42)39(36-32)25-12-9-23(10-13-25)33(41)38-19-17-37(18-20-38)31-16-14-26(22-35-31)40(43)44;/h5-6,9-16,21-22,27-28H,3-4,7-8,17-20H2,1-2H3;1H/t27-,28+;/m0./s1. The van der Waals surface area contributed by atoms with Gasteiger partial charge in [0.2, 0.25) is 0 Å². The molecule has 3 aromatic rings. The first-order valence-electron chi connectivity index (χ1n) is 15.6. The van der Waals surface area contributed by atoms with E-state index in [9.17, 15) is 19.7 Å². The Labute approximate surface area is 279 Å². The molecule has 3 heterocycles. The number of carbonyl (C=O) groups is 2. The molecular weight excluding hydrogens is 624 g/mol. The number of carbonyl (C=O) groups excluding carboxylic acids is 2. The summed E-state index contributed by atoms with van der Waals surface area (Å²) in [6.45, 7) is 6.96. The summed E-state index contributed by atoms with van der Waals surface area (Å²) >= 11 is 0. The van der Waals surface area contributed by atoms with E-state index in [1.165, 1.54) is 17.3 Å². The molecule has 246 valence electrons. The predicted molar refractivity (Wildman–Crippen MR) is 181 cm³/mol. The van der Waals surface area contributed by atoms with Gasteiger partial charge in [0.05, 0.1) is 35.5 Å². The van der Waals surface area contributed by atoms with E-state index >= 15 is 0 Å². The molecule has 0 N–H and O–H groups in total. The van der Waals surface area contributed by atoms with Crippen molar-refractivity contribution in [2.45, 2.75) is 26.7 Å². The second-order valence-electron chi connectivity index (χ2n) is 11.3. The first kappa shape index (κ1) is 33.4. The number of pyridine rings is 1. The van der Waals surface area contributed by atoms with Crippen LogP contribution in [0.25, 0.3) is 0 Å². The summed E-state index contributed by atoms with van der Waals surface area (Å²) in [6, 6.07) is 15.9. The summed E-state index contributed by atoms with van der Waals surface area (Å²) in [7, 11) is 0. The molecule has 2 atom stereocenters. The minimum Gasteiger partial charge on any atom is -0.490 e. The van der Waals surface area contributed by atoms with Crippen LogP contribution >= 0.6 is 12.4 Å². The van der Waals surface area contributed by atoms with E-state index in [1.807, 2.05) is 36.9 Å². The lowest BCUT2D eigenvalue weighted by Gasteiger charge is -2.37. The van der Waals surface area contributed by atoms with Crippen LogP contribution in [-0.4, -0.2) is 71.7 Å². The molecule has 3 aliphatic rings. The van der Waals surface area contributed by atoms with Crippen LogP contribution in [0, 0.1) is 22.0 Å². The van der Waals surface area contributed by atoms with Crippen LogP contribution in [0.1, 0.15) is 42.6 Å². The van der Waals surface area contributed by atoms with E-state index in [-0.39, 0.29) is 41.7 Å². The average Bonchev–Trinajstić information content (AvgIpc) is 3.09. The van der Waals surface area contributed by atoms with Crippen molar-refractivity contribution >= 4 is 47.1 Å². The molecule has 1 aliphatic carbocycles. The number of nitrogens with zero attached hydrogens (tertiary/aromatic N) is 6. The third-order valence-corrected chi connectivity index (χ3v) is 8.55. The van der Waals surface area contributed by atoms with Gasteiger partial charge in [0.1, 0.15) is 12.0 Å². The Morgan fingerprint density at radius 1 is 0.915 bits per heavy atom. The van der Waals surface area contributed by atoms with E-state index in [0.29, 0.717) is 74.4 Å². The van der Waals surface area contributed by atoms with Gasteiger partial charge in [0.25, 0.3) is 17.5 Å². The van der Waals surface area contributed by atoms with Crippen molar-refractivity contribution in [3.05, 3.63) is 94.2 Å². The first-order valence-corrected chi connectivity index (χ1v) is 15.6. The van der Waals surface area contributed by atoms with E-state index in [0.717, 1.165) is 17.7 Å². The van der Waals surface area contributed by atoms with E-state index in [1.54, 1.807) is 35.2 Å². The molecule has 1 saturated heterocycles. The quantitative estimate of drug-likeness (QED) is 0.167. The summed E-state index contributed by atoms with van der Waals surface area (Å²) in [6.07, 6.45) is 6.77. The van der Waals surface area contributed by atoms with Crippen molar-refractivity contribution in [2.75, 3.05) is 49.3 Å². The van der Waals surface area contributed by atoms with Crippen LogP contribution in [0.2, 0.25) is 0 Å². The highest BCUT2D eigenvalue weighted by Crippen LogP contribution is 2.38. The van der Waals surface area contributed by atoms with Gasteiger partial charge in [-0.25, -0.2) is 9.99 Å². The summed E-state index contributed by atoms with van der Waals surface area (Å²) in [4.78, 5) is 45.6. The molecule has 2 aliphatic heterocycles. The molecule has 2 aromatic carbocycles. The second kappa shape index (κ2) is 14.6. The molecule has 13 heteroatoms. The van der Waals surface area contributed by atoms with Crippen LogP contribution in [0.15, 0.2) is 78.0 Å². The number of fused-ring (bicyclic) bond motifs is 1. The van der Waals surface area contributed by atoms with Gasteiger partial charge in [-0.2, -0.15) is 5.10 Å². The number of nitro groups is 1. The van der Waals surface area contributed by atoms with E-state index < -0.39 is 4.92 Å². The normalized spacial score (nSPS) is 19.0. The average molecular weight is 661 g/mol. The lowest BCUT2D eigenvalue weighted by atomic mass is 9.76. The van der Waals surface area contributed by atoms with Gasteiger partial charge in [0, 0.05) is 49.3 Å². The topological polar surface area (TPSA) is 131 Å². The Hall–Kier alpha value is -4.97. The molecule has 6 rings (SSSR count). The molecule has 0 saturated carbocycles. The smallest absolute Gasteiger partial charge is 0.287 e. The number of hydrogen-bond donors (Lipinski definition) is 0. The molecule has 47 heavy (non-hydrogen) atoms. The zero-order chi connectivity index (χ0) is 32.2. The van der Waals surface area contributed by atoms with Crippen molar-refractivity contribution in [1.29, 1.82) is 0 Å². The molecule has 1 fully saturated rings. The number of aromatic nitrogens is 1. The molecule has 12 nitrogen and oxygen atoms in total. The minimum atomic E-state index is -0.477. The van der Waals surface area contributed by atoms with Crippen molar-refractivity contribution in [3.8, 4) is 11.5 Å². The zero-order valence-corrected chi connectivity index (χ0v) is 27.1. The highest BCUT2D eigenvalue weighted by Gasteiger charge is 2.41. The fraction of sp³-hybridized carbons (Fsp3) is 0.353. The van der Waals surface area contributed by atoms with Gasteiger partial charge in [0.15, 0.2) is 11.5 Å². The molecule has 2 amide bonds. The predicted octanol–water partition coefficient (Wildman–Crippen LogP) is 5.50. The highest BCUT2D eigenvalue weighted by molar-refractivity contribution is 6.11. The monoisotopic (exact) mass is 660 g/mol. The van der Waals surface area contributed by atoms with Gasteiger partial charge in [-0.3, -0.25) is 19.7 Å². The van der Waals surface area contributed by atoms with Crippen molar-refractivity contribution in [3.63, 3.8) is 0 Å². The number of hydrazone groups is 1. The van der Waals surface area contributed by atoms with Gasteiger partial charge < -0.3 is 19.3 Å². The molecule has 0 radical (unpaired) electrons. The number of benzene rings is 2. The second-order valence-corrected chi connectivity index (χ2v) is 11.3. The maximum atomic E-state index is 13.7. The first-order chi connectivity index (χ1) is 22.4. The number of hydrogen-bond acceptors (Lipinski definition) is 9. The zero-order valence-electron chi connectivity index (χ0n) is 26.3. The summed E-state index contributed by atoms with van der Waals surface area (Å²) < 4.78 is 11.6. The third kappa shape index (κ3) is 6.92. The Kier molecular flexibility index (Phi) is 10.4. The van der Waals surface area contributed by atoms with E-state index in [2.05, 4.69) is 17.1 Å².